The molecule has 2 heterocycles. The Balaban J connectivity index is 2.29. The van der Waals surface area contributed by atoms with E-state index in [0.717, 1.165) is 13.1 Å². The maximum atomic E-state index is 5.39. The number of rotatable bonds is 6. The topological polar surface area (TPSA) is 119 Å². The highest BCUT2D eigenvalue weighted by atomic mass is 32.2. The van der Waals surface area contributed by atoms with E-state index in [4.69, 9.17) is 10.3 Å². The number of aryl methyl sites for hydroxylation is 1. The molecule has 0 saturated heterocycles. The molecule has 0 saturated carbocycles. The number of nitrogens with two attached hydrogens (primary N) is 1. The molecule has 9 nitrogen and oxygen atoms in total. The molecule has 108 valence electrons. The van der Waals surface area contributed by atoms with Crippen molar-refractivity contribution in [2.75, 3.05) is 23.4 Å². The average Bonchev–Trinajstić information content (AvgIpc) is 2.85. The minimum Gasteiger partial charge on any atom is -0.416 e. The number of hydrazine groups is 1. The van der Waals surface area contributed by atoms with E-state index in [0.29, 0.717) is 28.2 Å². The highest BCUT2D eigenvalue weighted by molar-refractivity contribution is 7.98. The molecular weight excluding hydrogens is 280 g/mol. The number of hydrogen-bond acceptors (Lipinski definition) is 10. The Morgan fingerprint density at radius 3 is 2.50 bits per heavy atom. The second kappa shape index (κ2) is 6.48. The van der Waals surface area contributed by atoms with Crippen molar-refractivity contribution < 1.29 is 4.42 Å². The van der Waals surface area contributed by atoms with E-state index in [2.05, 4.69) is 30.6 Å². The molecule has 0 aliphatic heterocycles. The van der Waals surface area contributed by atoms with Gasteiger partial charge in [-0.2, -0.15) is 15.0 Å². The second-order valence-corrected chi connectivity index (χ2v) is 4.67. The summed E-state index contributed by atoms with van der Waals surface area (Å²) < 4.78 is 5.29. The highest BCUT2D eigenvalue weighted by Crippen LogP contribution is 2.25. The summed E-state index contributed by atoms with van der Waals surface area (Å²) in [5.74, 6) is 6.72. The normalized spacial score (nSPS) is 10.6. The maximum absolute atomic E-state index is 5.39. The molecular formula is C10H16N8OS. The van der Waals surface area contributed by atoms with Gasteiger partial charge in [-0.3, -0.25) is 5.43 Å². The van der Waals surface area contributed by atoms with Crippen LogP contribution in [0.1, 0.15) is 19.7 Å². The van der Waals surface area contributed by atoms with Gasteiger partial charge < -0.3 is 9.32 Å². The molecule has 2 rings (SSSR count). The molecule has 0 fully saturated rings. The maximum Gasteiger partial charge on any atom is 0.284 e. The third-order valence-electron chi connectivity index (χ3n) is 2.46. The number of aromatic nitrogens is 5. The van der Waals surface area contributed by atoms with Crippen LogP contribution in [0.25, 0.3) is 0 Å². The van der Waals surface area contributed by atoms with Crippen LogP contribution in [0.2, 0.25) is 0 Å². The molecule has 2 aromatic rings. The molecule has 3 N–H and O–H groups in total. The van der Waals surface area contributed by atoms with Gasteiger partial charge in [-0.1, -0.05) is 0 Å². The Morgan fingerprint density at radius 1 is 1.20 bits per heavy atom. The van der Waals surface area contributed by atoms with Crippen molar-refractivity contribution >= 4 is 23.7 Å². The van der Waals surface area contributed by atoms with Gasteiger partial charge in [0, 0.05) is 31.8 Å². The minimum atomic E-state index is 0.292. The fourth-order valence-corrected chi connectivity index (χ4v) is 2.16. The first-order valence-electron chi connectivity index (χ1n) is 6.11. The molecule has 0 unspecified atom stereocenters. The van der Waals surface area contributed by atoms with Gasteiger partial charge >= 0.3 is 0 Å². The summed E-state index contributed by atoms with van der Waals surface area (Å²) in [5.41, 5.74) is 2.43. The first-order valence-corrected chi connectivity index (χ1v) is 6.93. The third kappa shape index (κ3) is 3.33. The molecule has 0 amide bonds. The Kier molecular flexibility index (Phi) is 4.69. The van der Waals surface area contributed by atoms with Gasteiger partial charge in [0.15, 0.2) is 0 Å². The fraction of sp³-hybridized carbons (Fsp3) is 0.500. The van der Waals surface area contributed by atoms with E-state index >= 15 is 0 Å². The molecule has 0 spiro atoms. The molecule has 0 aromatic carbocycles. The highest BCUT2D eigenvalue weighted by Gasteiger charge is 2.14. The first kappa shape index (κ1) is 14.5. The van der Waals surface area contributed by atoms with E-state index in [-0.39, 0.29) is 0 Å². The summed E-state index contributed by atoms with van der Waals surface area (Å²) in [6, 6.07) is 0. The molecule has 0 aliphatic carbocycles. The quantitative estimate of drug-likeness (QED) is 0.586. The Labute approximate surface area is 120 Å². The number of nitrogens with zero attached hydrogens (tertiary/aromatic N) is 6. The van der Waals surface area contributed by atoms with Crippen molar-refractivity contribution in [3.05, 3.63) is 5.89 Å². The molecule has 10 heteroatoms. The third-order valence-corrected chi connectivity index (χ3v) is 3.17. The minimum absolute atomic E-state index is 0.292. The number of nitrogen functional groups attached to an aromatic ring is 1. The van der Waals surface area contributed by atoms with Crippen LogP contribution in [-0.4, -0.2) is 38.2 Å². The van der Waals surface area contributed by atoms with Crippen LogP contribution >= 0.6 is 11.8 Å². The molecule has 2 aromatic heterocycles. The van der Waals surface area contributed by atoms with Crippen LogP contribution in [0.5, 0.6) is 0 Å². The lowest BCUT2D eigenvalue weighted by Crippen LogP contribution is -2.25. The van der Waals surface area contributed by atoms with Crippen molar-refractivity contribution in [3.63, 3.8) is 0 Å². The molecule has 0 radical (unpaired) electrons. The van der Waals surface area contributed by atoms with Gasteiger partial charge in [0.05, 0.1) is 0 Å². The number of hydrogen-bond donors (Lipinski definition) is 2. The van der Waals surface area contributed by atoms with Gasteiger partial charge in [-0.05, 0) is 13.8 Å². The van der Waals surface area contributed by atoms with Crippen molar-refractivity contribution in [2.24, 2.45) is 5.84 Å². The largest absolute Gasteiger partial charge is 0.416 e. The summed E-state index contributed by atoms with van der Waals surface area (Å²) in [5, 5.41) is 8.47. The van der Waals surface area contributed by atoms with Gasteiger partial charge in [0.2, 0.25) is 22.9 Å². The van der Waals surface area contributed by atoms with E-state index in [9.17, 15) is 0 Å². The lowest BCUT2D eigenvalue weighted by atomic mass is 10.5. The predicted molar refractivity (Wildman–Crippen MR) is 74.4 cm³/mol. The van der Waals surface area contributed by atoms with Crippen LogP contribution in [-0.2, 0) is 0 Å². The summed E-state index contributed by atoms with van der Waals surface area (Å²) in [6.07, 6.45) is 0. The van der Waals surface area contributed by atoms with Crippen LogP contribution in [0.3, 0.4) is 0 Å². The molecule has 0 aliphatic rings. The van der Waals surface area contributed by atoms with Crippen LogP contribution in [0.4, 0.5) is 11.9 Å². The summed E-state index contributed by atoms with van der Waals surface area (Å²) in [4.78, 5) is 14.7. The predicted octanol–water partition coefficient (Wildman–Crippen LogP) is 0.846. The number of nitrogens with one attached hydrogen (secondary N) is 1. The smallest absolute Gasteiger partial charge is 0.284 e. The molecule has 0 atom stereocenters. The zero-order chi connectivity index (χ0) is 14.5. The number of anilines is 2. The van der Waals surface area contributed by atoms with E-state index < -0.39 is 0 Å². The van der Waals surface area contributed by atoms with Crippen LogP contribution in [0.15, 0.2) is 14.8 Å². The van der Waals surface area contributed by atoms with Crippen LogP contribution < -0.4 is 16.2 Å². The Morgan fingerprint density at radius 2 is 1.95 bits per heavy atom. The van der Waals surface area contributed by atoms with Crippen LogP contribution in [0, 0.1) is 6.92 Å². The zero-order valence-electron chi connectivity index (χ0n) is 11.5. The Hall–Kier alpha value is -1.94. The lowest BCUT2D eigenvalue weighted by molar-refractivity contribution is 0.429. The van der Waals surface area contributed by atoms with Gasteiger partial charge in [0.1, 0.15) is 0 Å². The second-order valence-electron chi connectivity index (χ2n) is 3.75. The summed E-state index contributed by atoms with van der Waals surface area (Å²) in [6.45, 7) is 7.34. The summed E-state index contributed by atoms with van der Waals surface area (Å²) >= 11 is 1.17. The van der Waals surface area contributed by atoms with Crippen molar-refractivity contribution in [1.29, 1.82) is 0 Å². The van der Waals surface area contributed by atoms with E-state index in [1.807, 2.05) is 18.7 Å². The average molecular weight is 296 g/mol. The van der Waals surface area contributed by atoms with Gasteiger partial charge in [-0.15, -0.1) is 10.2 Å². The van der Waals surface area contributed by atoms with E-state index in [1.165, 1.54) is 11.8 Å². The first-order chi connectivity index (χ1) is 9.66. The monoisotopic (exact) mass is 296 g/mol. The van der Waals surface area contributed by atoms with Crippen molar-refractivity contribution in [3.8, 4) is 0 Å². The van der Waals surface area contributed by atoms with Crippen molar-refractivity contribution in [2.45, 2.75) is 31.2 Å². The molecule has 20 heavy (non-hydrogen) atoms. The summed E-state index contributed by atoms with van der Waals surface area (Å²) in [7, 11) is 0. The van der Waals surface area contributed by atoms with E-state index in [1.54, 1.807) is 6.92 Å². The Bertz CT molecular complexity index is 570. The van der Waals surface area contributed by atoms with Gasteiger partial charge in [0.25, 0.3) is 5.22 Å². The van der Waals surface area contributed by atoms with Gasteiger partial charge in [-0.25, -0.2) is 5.84 Å². The lowest BCUT2D eigenvalue weighted by Gasteiger charge is -2.18. The standard InChI is InChI=1S/C10H16N8OS/c1-4-18(5-2)8-12-7(15-11)13-9(14-8)20-10-17-16-6(3)19-10/h4-5,11H2,1-3H3,(H,12,13,14,15). The molecule has 0 bridgehead atoms. The van der Waals surface area contributed by atoms with Crippen molar-refractivity contribution in [1.82, 2.24) is 25.1 Å². The SMILES string of the molecule is CCN(CC)c1nc(NN)nc(Sc2nnc(C)o2)n1. The zero-order valence-corrected chi connectivity index (χ0v) is 12.3. The fourth-order valence-electron chi connectivity index (χ4n) is 1.50.